The maximum atomic E-state index is 14.7. The van der Waals surface area contributed by atoms with E-state index in [0.717, 1.165) is 13.5 Å². The number of fused-ring (bicyclic) bond motifs is 1. The molecular formula is C17H17F2NO5. The summed E-state index contributed by atoms with van der Waals surface area (Å²) >= 11 is 0. The van der Waals surface area contributed by atoms with E-state index in [1.807, 2.05) is 0 Å². The van der Waals surface area contributed by atoms with Gasteiger partial charge in [0.25, 0.3) is 11.8 Å². The molecule has 1 saturated carbocycles. The van der Waals surface area contributed by atoms with E-state index >= 15 is 0 Å². The second-order valence-corrected chi connectivity index (χ2v) is 6.16. The molecule has 0 bridgehead atoms. The summed E-state index contributed by atoms with van der Waals surface area (Å²) in [6, 6.07) is 5.76. The summed E-state index contributed by atoms with van der Waals surface area (Å²) in [7, 11) is 1.12. The monoisotopic (exact) mass is 353 g/mol. The molecule has 25 heavy (non-hydrogen) atoms. The summed E-state index contributed by atoms with van der Waals surface area (Å²) in [5.74, 6) is -7.84. The molecular weight excluding hydrogens is 336 g/mol. The van der Waals surface area contributed by atoms with Crippen molar-refractivity contribution in [2.24, 2.45) is 0 Å². The molecule has 1 aromatic rings. The van der Waals surface area contributed by atoms with Gasteiger partial charge in [0.05, 0.1) is 11.1 Å². The van der Waals surface area contributed by atoms with Crippen molar-refractivity contribution in [3.05, 3.63) is 35.4 Å². The van der Waals surface area contributed by atoms with E-state index in [0.29, 0.717) is 12.8 Å². The van der Waals surface area contributed by atoms with Crippen LogP contribution in [0.4, 0.5) is 8.78 Å². The Morgan fingerprint density at radius 1 is 1.08 bits per heavy atom. The third-order valence-electron chi connectivity index (χ3n) is 4.81. The van der Waals surface area contributed by atoms with Gasteiger partial charge in [-0.3, -0.25) is 9.59 Å². The summed E-state index contributed by atoms with van der Waals surface area (Å²) in [6.07, 6.45) is 1.74. The Balaban J connectivity index is 1.82. The van der Waals surface area contributed by atoms with Crippen molar-refractivity contribution in [3.8, 4) is 0 Å². The third kappa shape index (κ3) is 2.60. The van der Waals surface area contributed by atoms with Crippen molar-refractivity contribution in [3.63, 3.8) is 0 Å². The molecule has 0 saturated heterocycles. The molecule has 0 unspecified atom stereocenters. The van der Waals surface area contributed by atoms with Gasteiger partial charge in [-0.2, -0.15) is 8.78 Å². The normalized spacial score (nSPS) is 19.7. The number of rotatable bonds is 4. The largest absolute Gasteiger partial charge is 0.405 e. The van der Waals surface area contributed by atoms with E-state index in [4.69, 9.17) is 4.74 Å². The lowest BCUT2D eigenvalue weighted by Gasteiger charge is -2.40. The number of nitrogens with zero attached hydrogens (tertiary/aromatic N) is 1. The average molecular weight is 353 g/mol. The zero-order valence-corrected chi connectivity index (χ0v) is 13.6. The van der Waals surface area contributed by atoms with Crippen molar-refractivity contribution < 1.29 is 32.7 Å². The first-order chi connectivity index (χ1) is 11.8. The quantitative estimate of drug-likeness (QED) is 0.778. The standard InChI is InChI=1S/C17H17F2NO5/c1-24-16(9-5-2-6-10-16)17(18,19)15(23)25-20-13(21)11-7-3-4-8-12(11)14(20)22/h3-4,7-8H,2,5-6,9-10H2,1H3. The second kappa shape index (κ2) is 6.18. The van der Waals surface area contributed by atoms with E-state index in [2.05, 4.69) is 4.84 Å². The first kappa shape index (κ1) is 17.5. The predicted molar refractivity (Wildman–Crippen MR) is 80.8 cm³/mol. The fourth-order valence-electron chi connectivity index (χ4n) is 3.35. The first-order valence-corrected chi connectivity index (χ1v) is 7.97. The zero-order valence-electron chi connectivity index (χ0n) is 13.6. The topological polar surface area (TPSA) is 72.9 Å². The van der Waals surface area contributed by atoms with Gasteiger partial charge in [0, 0.05) is 7.11 Å². The molecule has 0 aromatic heterocycles. The molecule has 8 heteroatoms. The Kier molecular flexibility index (Phi) is 4.32. The summed E-state index contributed by atoms with van der Waals surface area (Å²) in [4.78, 5) is 41.0. The van der Waals surface area contributed by atoms with Gasteiger partial charge >= 0.3 is 11.9 Å². The SMILES string of the molecule is COC1(C(F)(F)C(=O)ON2C(=O)c3ccccc3C2=O)CCCCC1. The molecule has 2 amide bonds. The van der Waals surface area contributed by atoms with E-state index < -0.39 is 29.3 Å². The van der Waals surface area contributed by atoms with Crippen LogP contribution in [0.1, 0.15) is 52.8 Å². The van der Waals surface area contributed by atoms with Crippen LogP contribution in [-0.4, -0.2) is 41.5 Å². The van der Waals surface area contributed by atoms with Crippen LogP contribution in [-0.2, 0) is 14.4 Å². The minimum absolute atomic E-state index is 0.00253. The molecule has 1 fully saturated rings. The highest BCUT2D eigenvalue weighted by atomic mass is 19.3. The van der Waals surface area contributed by atoms with Crippen LogP contribution in [0.3, 0.4) is 0 Å². The fourth-order valence-corrected chi connectivity index (χ4v) is 3.35. The van der Waals surface area contributed by atoms with Crippen LogP contribution in [0.25, 0.3) is 0 Å². The molecule has 0 N–H and O–H groups in total. The third-order valence-corrected chi connectivity index (χ3v) is 4.81. The van der Waals surface area contributed by atoms with Gasteiger partial charge in [-0.05, 0) is 25.0 Å². The van der Waals surface area contributed by atoms with Crippen molar-refractivity contribution in [1.29, 1.82) is 0 Å². The molecule has 134 valence electrons. The molecule has 0 radical (unpaired) electrons. The Labute approximate surface area is 142 Å². The molecule has 1 heterocycles. The maximum absolute atomic E-state index is 14.7. The minimum atomic E-state index is -3.99. The Bertz CT molecular complexity index is 693. The number of alkyl halides is 2. The molecule has 2 aliphatic rings. The zero-order chi connectivity index (χ0) is 18.2. The number of hydroxylamine groups is 2. The lowest BCUT2D eigenvalue weighted by Crippen LogP contribution is -2.57. The lowest BCUT2D eigenvalue weighted by molar-refractivity contribution is -0.243. The van der Waals surface area contributed by atoms with Crippen LogP contribution in [0, 0.1) is 0 Å². The lowest BCUT2D eigenvalue weighted by atomic mass is 9.80. The highest BCUT2D eigenvalue weighted by Crippen LogP contribution is 2.44. The van der Waals surface area contributed by atoms with E-state index in [1.54, 1.807) is 0 Å². The Morgan fingerprint density at radius 2 is 1.60 bits per heavy atom. The van der Waals surface area contributed by atoms with E-state index in [9.17, 15) is 23.2 Å². The molecule has 1 aromatic carbocycles. The predicted octanol–water partition coefficient (Wildman–Crippen LogP) is 2.73. The number of benzene rings is 1. The van der Waals surface area contributed by atoms with E-state index in [-0.39, 0.29) is 29.0 Å². The number of amides is 2. The van der Waals surface area contributed by atoms with Crippen molar-refractivity contribution in [1.82, 2.24) is 5.06 Å². The second-order valence-electron chi connectivity index (χ2n) is 6.16. The Hall–Kier alpha value is -2.35. The molecule has 6 nitrogen and oxygen atoms in total. The average Bonchev–Trinajstić information content (AvgIpc) is 2.87. The summed E-state index contributed by atoms with van der Waals surface area (Å²) in [6.45, 7) is 0. The van der Waals surface area contributed by atoms with Gasteiger partial charge in [0.15, 0.2) is 0 Å². The van der Waals surface area contributed by atoms with Crippen molar-refractivity contribution in [2.75, 3.05) is 7.11 Å². The number of methoxy groups -OCH3 is 1. The molecule has 1 aliphatic carbocycles. The van der Waals surface area contributed by atoms with Gasteiger partial charge in [0.2, 0.25) is 0 Å². The fraction of sp³-hybridized carbons (Fsp3) is 0.471. The van der Waals surface area contributed by atoms with Gasteiger partial charge < -0.3 is 9.57 Å². The van der Waals surface area contributed by atoms with Gasteiger partial charge in [-0.25, -0.2) is 4.79 Å². The summed E-state index contributed by atoms with van der Waals surface area (Å²) in [5, 5.41) is 0.0904. The highest BCUT2D eigenvalue weighted by molar-refractivity contribution is 6.20. The number of carbonyl (C=O) groups excluding carboxylic acids is 3. The van der Waals surface area contributed by atoms with Crippen LogP contribution in [0.15, 0.2) is 24.3 Å². The number of halogens is 2. The minimum Gasteiger partial charge on any atom is -0.371 e. The summed E-state index contributed by atoms with van der Waals surface area (Å²) < 4.78 is 34.5. The first-order valence-electron chi connectivity index (χ1n) is 7.97. The molecule has 1 aliphatic heterocycles. The van der Waals surface area contributed by atoms with Gasteiger partial charge in [-0.1, -0.05) is 36.5 Å². The number of imide groups is 1. The Morgan fingerprint density at radius 3 is 2.08 bits per heavy atom. The van der Waals surface area contributed by atoms with Crippen molar-refractivity contribution in [2.45, 2.75) is 43.6 Å². The number of ether oxygens (including phenoxy) is 1. The van der Waals surface area contributed by atoms with Crippen LogP contribution < -0.4 is 0 Å². The van der Waals surface area contributed by atoms with Crippen LogP contribution in [0.5, 0.6) is 0 Å². The number of carbonyl (C=O) groups is 3. The van der Waals surface area contributed by atoms with Gasteiger partial charge in [-0.15, -0.1) is 0 Å². The molecule has 0 atom stereocenters. The van der Waals surface area contributed by atoms with Crippen LogP contribution >= 0.6 is 0 Å². The smallest absolute Gasteiger partial charge is 0.371 e. The molecule has 3 rings (SSSR count). The maximum Gasteiger partial charge on any atom is 0.405 e. The van der Waals surface area contributed by atoms with Crippen LogP contribution in [0.2, 0.25) is 0 Å². The highest BCUT2D eigenvalue weighted by Gasteiger charge is 2.62. The number of hydrogen-bond donors (Lipinski definition) is 0. The number of hydrogen-bond acceptors (Lipinski definition) is 5. The molecule has 0 spiro atoms. The summed E-state index contributed by atoms with van der Waals surface area (Å²) in [5.41, 5.74) is -1.98. The van der Waals surface area contributed by atoms with Crippen molar-refractivity contribution >= 4 is 17.8 Å². The van der Waals surface area contributed by atoms with Gasteiger partial charge in [0.1, 0.15) is 5.60 Å². The van der Waals surface area contributed by atoms with E-state index in [1.165, 1.54) is 24.3 Å².